The normalized spacial score (nSPS) is 13.3. The Kier molecular flexibility index (Phi) is 6.73. The molecule has 0 atom stereocenters. The van der Waals surface area contributed by atoms with Crippen molar-refractivity contribution in [2.75, 3.05) is 44.5 Å². The van der Waals surface area contributed by atoms with Crippen LogP contribution in [0.1, 0.15) is 5.56 Å². The van der Waals surface area contributed by atoms with Crippen LogP contribution in [-0.2, 0) is 26.2 Å². The lowest BCUT2D eigenvalue weighted by atomic mass is 10.2. The van der Waals surface area contributed by atoms with E-state index in [2.05, 4.69) is 10.6 Å². The van der Waals surface area contributed by atoms with Gasteiger partial charge in [-0.1, -0.05) is 23.7 Å². The number of carbonyl (C=O) groups is 2. The molecule has 1 heterocycles. The molecule has 3 rings (SSSR count). The highest BCUT2D eigenvalue weighted by molar-refractivity contribution is 7.89. The Morgan fingerprint density at radius 2 is 1.87 bits per heavy atom. The van der Waals surface area contributed by atoms with Crippen LogP contribution in [0, 0.1) is 0 Å². The third kappa shape index (κ3) is 5.27. The summed E-state index contributed by atoms with van der Waals surface area (Å²) in [6.45, 7) is -0.335. The monoisotopic (exact) mass is 466 g/mol. The summed E-state index contributed by atoms with van der Waals surface area (Å²) in [7, 11) is 1.09. The van der Waals surface area contributed by atoms with Crippen molar-refractivity contribution in [3.05, 3.63) is 47.0 Å². The minimum absolute atomic E-state index is 0.0854. The third-order valence-electron chi connectivity index (χ3n) is 4.66. The highest BCUT2D eigenvalue weighted by Crippen LogP contribution is 2.36. The van der Waals surface area contributed by atoms with Crippen LogP contribution >= 0.6 is 11.6 Å². The number of nitrogens with zero attached hydrogens (tertiary/aromatic N) is 2. The summed E-state index contributed by atoms with van der Waals surface area (Å²) < 4.78 is 32.0. The lowest BCUT2D eigenvalue weighted by Gasteiger charge is -2.22. The molecule has 0 radical (unpaired) electrons. The molecule has 166 valence electrons. The minimum atomic E-state index is -4.07. The van der Waals surface area contributed by atoms with Crippen molar-refractivity contribution in [1.82, 2.24) is 9.62 Å². The molecule has 0 aliphatic carbocycles. The highest BCUT2D eigenvalue weighted by atomic mass is 35.5. The van der Waals surface area contributed by atoms with Gasteiger partial charge in [0.2, 0.25) is 15.9 Å². The molecule has 31 heavy (non-hydrogen) atoms. The number of rotatable bonds is 7. The van der Waals surface area contributed by atoms with Crippen molar-refractivity contribution in [2.45, 2.75) is 11.4 Å². The third-order valence-corrected chi connectivity index (χ3v) is 6.93. The first-order chi connectivity index (χ1) is 14.6. The van der Waals surface area contributed by atoms with Crippen molar-refractivity contribution in [3.63, 3.8) is 0 Å². The molecule has 2 amide bonds. The summed E-state index contributed by atoms with van der Waals surface area (Å²) in [5.41, 5.74) is 2.22. The molecule has 0 aromatic heterocycles. The summed E-state index contributed by atoms with van der Waals surface area (Å²) in [4.78, 5) is 25.5. The second-order valence-corrected chi connectivity index (χ2v) is 9.63. The van der Waals surface area contributed by atoms with E-state index in [-0.39, 0.29) is 41.3 Å². The Labute approximate surface area is 186 Å². The zero-order valence-electron chi connectivity index (χ0n) is 17.3. The number of likely N-dealkylation sites (N-methyl/N-ethyl adjacent to an activating group) is 1. The van der Waals surface area contributed by atoms with Crippen LogP contribution in [0.5, 0.6) is 5.75 Å². The Morgan fingerprint density at radius 3 is 2.52 bits per heavy atom. The standard InChI is InChI=1S/C20H23ClN4O5S/c1-24(2)14-6-4-13(5-7-14)10-22-19(26)11-25(3)31(28,29)18-9-17-16(8-15(18)21)23-20(27)12-30-17/h4-9H,10-12H2,1-3H3,(H,22,26)(H,23,27). The van der Waals surface area contributed by atoms with Gasteiger partial charge in [-0.15, -0.1) is 0 Å². The molecule has 2 aromatic carbocycles. The van der Waals surface area contributed by atoms with Gasteiger partial charge in [0.05, 0.1) is 17.3 Å². The smallest absolute Gasteiger partial charge is 0.262 e. The van der Waals surface area contributed by atoms with Crippen molar-refractivity contribution < 1.29 is 22.7 Å². The molecule has 0 saturated carbocycles. The van der Waals surface area contributed by atoms with Gasteiger partial charge in [-0.3, -0.25) is 9.59 Å². The molecule has 2 aromatic rings. The van der Waals surface area contributed by atoms with Crippen molar-refractivity contribution >= 4 is 44.8 Å². The van der Waals surface area contributed by atoms with Crippen LogP contribution in [0.25, 0.3) is 0 Å². The Bertz CT molecular complexity index is 1100. The van der Waals surface area contributed by atoms with Gasteiger partial charge in [0.25, 0.3) is 5.91 Å². The van der Waals surface area contributed by atoms with Gasteiger partial charge in [0, 0.05) is 39.4 Å². The number of halogens is 1. The first-order valence-electron chi connectivity index (χ1n) is 9.33. The molecule has 1 aliphatic rings. The summed E-state index contributed by atoms with van der Waals surface area (Å²) in [5.74, 6) is -0.619. The number of hydrogen-bond donors (Lipinski definition) is 2. The SMILES string of the molecule is CN(C)c1ccc(CNC(=O)CN(C)S(=O)(=O)c2cc3c(cc2Cl)NC(=O)CO3)cc1. The molecule has 0 saturated heterocycles. The Morgan fingerprint density at radius 1 is 1.19 bits per heavy atom. The lowest BCUT2D eigenvalue weighted by Crippen LogP contribution is -2.38. The van der Waals surface area contributed by atoms with Gasteiger partial charge in [0.15, 0.2) is 6.61 Å². The van der Waals surface area contributed by atoms with E-state index >= 15 is 0 Å². The number of nitrogens with one attached hydrogen (secondary N) is 2. The Balaban J connectivity index is 1.65. The predicted molar refractivity (Wildman–Crippen MR) is 118 cm³/mol. The number of sulfonamides is 1. The molecule has 0 bridgehead atoms. The maximum Gasteiger partial charge on any atom is 0.262 e. The van der Waals surface area contributed by atoms with Crippen LogP contribution in [0.3, 0.4) is 0 Å². The molecule has 0 fully saturated rings. The van der Waals surface area contributed by atoms with Crippen LogP contribution in [-0.4, -0.2) is 58.8 Å². The first-order valence-corrected chi connectivity index (χ1v) is 11.1. The zero-order valence-corrected chi connectivity index (χ0v) is 18.9. The highest BCUT2D eigenvalue weighted by Gasteiger charge is 2.28. The summed E-state index contributed by atoms with van der Waals surface area (Å²) in [6, 6.07) is 10.2. The van der Waals surface area contributed by atoms with E-state index in [1.54, 1.807) is 0 Å². The maximum absolute atomic E-state index is 12.9. The van der Waals surface area contributed by atoms with Crippen molar-refractivity contribution in [1.29, 1.82) is 0 Å². The average Bonchev–Trinajstić information content (AvgIpc) is 2.71. The molecule has 0 unspecified atom stereocenters. The second-order valence-electron chi connectivity index (χ2n) is 7.21. The van der Waals surface area contributed by atoms with Crippen molar-refractivity contribution in [2.24, 2.45) is 0 Å². The molecule has 11 heteroatoms. The summed E-state index contributed by atoms with van der Waals surface area (Å²) in [6.07, 6.45) is 0. The van der Waals surface area contributed by atoms with E-state index < -0.39 is 15.9 Å². The molecule has 2 N–H and O–H groups in total. The van der Waals surface area contributed by atoms with Crippen LogP contribution in [0.4, 0.5) is 11.4 Å². The fourth-order valence-corrected chi connectivity index (χ4v) is 4.54. The fraction of sp³-hybridized carbons (Fsp3) is 0.300. The number of benzene rings is 2. The average molecular weight is 467 g/mol. The van der Waals surface area contributed by atoms with Crippen LogP contribution in [0.15, 0.2) is 41.3 Å². The molecule has 9 nitrogen and oxygen atoms in total. The molecular formula is C20H23ClN4O5S. The van der Waals surface area contributed by atoms with E-state index in [4.69, 9.17) is 16.3 Å². The number of fused-ring (bicyclic) bond motifs is 1. The van der Waals surface area contributed by atoms with Gasteiger partial charge < -0.3 is 20.3 Å². The van der Waals surface area contributed by atoms with Crippen LogP contribution in [0.2, 0.25) is 5.02 Å². The zero-order chi connectivity index (χ0) is 22.8. The quantitative estimate of drug-likeness (QED) is 0.642. The van der Waals surface area contributed by atoms with Crippen LogP contribution < -0.4 is 20.3 Å². The van der Waals surface area contributed by atoms with Gasteiger partial charge in [-0.25, -0.2) is 8.42 Å². The molecule has 1 aliphatic heterocycles. The number of carbonyl (C=O) groups excluding carboxylic acids is 2. The summed E-state index contributed by atoms with van der Waals surface area (Å²) >= 11 is 6.13. The Hall–Kier alpha value is -2.82. The summed E-state index contributed by atoms with van der Waals surface area (Å²) in [5, 5.41) is 5.18. The predicted octanol–water partition coefficient (Wildman–Crippen LogP) is 1.67. The molecular weight excluding hydrogens is 444 g/mol. The van der Waals surface area contributed by atoms with E-state index in [9.17, 15) is 18.0 Å². The topological polar surface area (TPSA) is 108 Å². The largest absolute Gasteiger partial charge is 0.482 e. The molecule has 0 spiro atoms. The minimum Gasteiger partial charge on any atom is -0.482 e. The fourth-order valence-electron chi connectivity index (χ4n) is 2.90. The maximum atomic E-state index is 12.9. The van der Waals surface area contributed by atoms with E-state index in [1.807, 2.05) is 43.3 Å². The van der Waals surface area contributed by atoms with Crippen molar-refractivity contribution in [3.8, 4) is 5.75 Å². The first kappa shape index (κ1) is 22.9. The number of anilines is 2. The van der Waals surface area contributed by atoms with Gasteiger partial charge in [0.1, 0.15) is 10.6 Å². The van der Waals surface area contributed by atoms with E-state index in [0.29, 0.717) is 5.69 Å². The number of hydrogen-bond acceptors (Lipinski definition) is 6. The van der Waals surface area contributed by atoms with Gasteiger partial charge >= 0.3 is 0 Å². The van der Waals surface area contributed by atoms with Gasteiger partial charge in [-0.05, 0) is 23.8 Å². The van der Waals surface area contributed by atoms with E-state index in [0.717, 1.165) is 15.6 Å². The number of ether oxygens (including phenoxy) is 1. The van der Waals surface area contributed by atoms with E-state index in [1.165, 1.54) is 19.2 Å². The number of amides is 2. The lowest BCUT2D eigenvalue weighted by molar-refractivity contribution is -0.121. The second kappa shape index (κ2) is 9.13. The van der Waals surface area contributed by atoms with Gasteiger partial charge in [-0.2, -0.15) is 4.31 Å².